The summed E-state index contributed by atoms with van der Waals surface area (Å²) >= 11 is 1.39. The number of hydrogen-bond donors (Lipinski definition) is 1. The van der Waals surface area contributed by atoms with Crippen molar-refractivity contribution in [1.29, 1.82) is 0 Å². The zero-order valence-electron chi connectivity index (χ0n) is 10.3. The molecule has 0 bridgehead atoms. The van der Waals surface area contributed by atoms with Gasteiger partial charge in [0, 0.05) is 18.4 Å². The van der Waals surface area contributed by atoms with E-state index >= 15 is 0 Å². The van der Waals surface area contributed by atoms with E-state index < -0.39 is 0 Å². The number of rotatable bonds is 6. The molecule has 19 heavy (non-hydrogen) atoms. The first-order valence-corrected chi connectivity index (χ1v) is 6.89. The average Bonchev–Trinajstić information content (AvgIpc) is 2.98. The lowest BCUT2D eigenvalue weighted by molar-refractivity contribution is 0.0918. The van der Waals surface area contributed by atoms with Crippen LogP contribution in [-0.4, -0.2) is 16.7 Å². The summed E-state index contributed by atoms with van der Waals surface area (Å²) < 4.78 is 0. The van der Waals surface area contributed by atoms with Crippen LogP contribution in [0.1, 0.15) is 38.4 Å². The van der Waals surface area contributed by atoms with E-state index in [0.29, 0.717) is 16.0 Å². The van der Waals surface area contributed by atoms with Crippen molar-refractivity contribution >= 4 is 22.9 Å². The van der Waals surface area contributed by atoms with Gasteiger partial charge in [-0.3, -0.25) is 9.59 Å². The molecule has 98 valence electrons. The highest BCUT2D eigenvalue weighted by molar-refractivity contribution is 7.12. The van der Waals surface area contributed by atoms with Gasteiger partial charge < -0.3 is 5.11 Å². The van der Waals surface area contributed by atoms with E-state index in [1.54, 1.807) is 30.3 Å². The number of aliphatic hydroxyl groups is 1. The van der Waals surface area contributed by atoms with Gasteiger partial charge in [-0.2, -0.15) is 0 Å². The predicted molar refractivity (Wildman–Crippen MR) is 74.6 cm³/mol. The Morgan fingerprint density at radius 2 is 1.74 bits per heavy atom. The second-order valence-electron chi connectivity index (χ2n) is 4.14. The molecular formula is C15H14O3S. The minimum absolute atomic E-state index is 0.00942. The molecule has 0 unspecified atom stereocenters. The maximum Gasteiger partial charge on any atom is 0.173 e. The van der Waals surface area contributed by atoms with Crippen molar-refractivity contribution in [1.82, 2.24) is 0 Å². The first-order chi connectivity index (χ1) is 9.22. The Kier molecular flexibility index (Phi) is 4.60. The van der Waals surface area contributed by atoms with Crippen LogP contribution in [0.2, 0.25) is 0 Å². The largest absolute Gasteiger partial charge is 0.392 e. The number of ketones is 2. The van der Waals surface area contributed by atoms with Gasteiger partial charge in [-0.15, -0.1) is 11.3 Å². The maximum absolute atomic E-state index is 12.0. The zero-order chi connectivity index (χ0) is 13.7. The summed E-state index contributed by atoms with van der Waals surface area (Å²) in [6, 6.07) is 10.5. The first-order valence-electron chi connectivity index (χ1n) is 6.01. The molecule has 0 saturated carbocycles. The monoisotopic (exact) mass is 274 g/mol. The molecule has 1 N–H and O–H groups in total. The Bertz CT molecular complexity index is 573. The number of benzene rings is 1. The van der Waals surface area contributed by atoms with Crippen LogP contribution in [0.5, 0.6) is 0 Å². The number of carbonyl (C=O) groups excluding carboxylic acids is 2. The molecule has 0 fully saturated rings. The lowest BCUT2D eigenvalue weighted by Crippen LogP contribution is -2.07. The van der Waals surface area contributed by atoms with Crippen LogP contribution in [-0.2, 0) is 6.61 Å². The van der Waals surface area contributed by atoms with E-state index in [9.17, 15) is 14.7 Å². The SMILES string of the molecule is O=C(CCC(=O)c1ccccc1CO)c1cccs1. The summed E-state index contributed by atoms with van der Waals surface area (Å²) in [5.74, 6) is -0.112. The Morgan fingerprint density at radius 1 is 1.00 bits per heavy atom. The van der Waals surface area contributed by atoms with E-state index in [4.69, 9.17) is 0 Å². The molecule has 1 heterocycles. The van der Waals surface area contributed by atoms with Gasteiger partial charge in [0.1, 0.15) is 0 Å². The van der Waals surface area contributed by atoms with Gasteiger partial charge in [0.2, 0.25) is 0 Å². The molecular weight excluding hydrogens is 260 g/mol. The number of aliphatic hydroxyl groups excluding tert-OH is 1. The average molecular weight is 274 g/mol. The fourth-order valence-electron chi connectivity index (χ4n) is 1.85. The minimum atomic E-state index is -0.166. The van der Waals surface area contributed by atoms with Crippen LogP contribution in [0.3, 0.4) is 0 Å². The molecule has 0 aliphatic rings. The quantitative estimate of drug-likeness (QED) is 0.824. The molecule has 0 radical (unpaired) electrons. The van der Waals surface area contributed by atoms with Gasteiger partial charge >= 0.3 is 0 Å². The second-order valence-corrected chi connectivity index (χ2v) is 5.09. The molecule has 0 aliphatic carbocycles. The third-order valence-corrected chi connectivity index (χ3v) is 3.77. The maximum atomic E-state index is 12.0. The smallest absolute Gasteiger partial charge is 0.173 e. The molecule has 0 spiro atoms. The molecule has 0 aliphatic heterocycles. The van der Waals surface area contributed by atoms with Crippen molar-refractivity contribution < 1.29 is 14.7 Å². The normalized spacial score (nSPS) is 10.4. The number of thiophene rings is 1. The van der Waals surface area contributed by atoms with E-state index in [-0.39, 0.29) is 31.0 Å². The predicted octanol–water partition coefficient (Wildman–Crippen LogP) is 3.09. The molecule has 1 aromatic carbocycles. The summed E-state index contributed by atoms with van der Waals surface area (Å²) in [6.07, 6.45) is 0.382. The number of Topliss-reactive ketones (excluding diaryl/α,β-unsaturated/α-hetero) is 2. The van der Waals surface area contributed by atoms with Crippen molar-refractivity contribution in [3.63, 3.8) is 0 Å². The minimum Gasteiger partial charge on any atom is -0.392 e. The van der Waals surface area contributed by atoms with Crippen molar-refractivity contribution in [2.75, 3.05) is 0 Å². The van der Waals surface area contributed by atoms with Gasteiger partial charge in [-0.25, -0.2) is 0 Å². The van der Waals surface area contributed by atoms with E-state index in [0.717, 1.165) is 0 Å². The molecule has 4 heteroatoms. The molecule has 0 amide bonds. The molecule has 1 aromatic heterocycles. The second kappa shape index (κ2) is 6.41. The highest BCUT2D eigenvalue weighted by Crippen LogP contribution is 2.16. The van der Waals surface area contributed by atoms with Crippen molar-refractivity contribution in [3.05, 3.63) is 57.8 Å². The Balaban J connectivity index is 2.00. The topological polar surface area (TPSA) is 54.4 Å². The lowest BCUT2D eigenvalue weighted by Gasteiger charge is -2.05. The van der Waals surface area contributed by atoms with Gasteiger partial charge in [0.05, 0.1) is 11.5 Å². The van der Waals surface area contributed by atoms with E-state index in [2.05, 4.69) is 0 Å². The summed E-state index contributed by atoms with van der Waals surface area (Å²) in [4.78, 5) is 24.5. The van der Waals surface area contributed by atoms with Crippen LogP contribution < -0.4 is 0 Å². The van der Waals surface area contributed by atoms with Crippen molar-refractivity contribution in [2.24, 2.45) is 0 Å². The van der Waals surface area contributed by atoms with Gasteiger partial charge in [0.15, 0.2) is 11.6 Å². The van der Waals surface area contributed by atoms with Gasteiger partial charge in [-0.05, 0) is 17.0 Å². The van der Waals surface area contributed by atoms with E-state index in [1.807, 2.05) is 11.4 Å². The molecule has 2 aromatic rings. The highest BCUT2D eigenvalue weighted by Gasteiger charge is 2.13. The molecule has 0 atom stereocenters. The Hall–Kier alpha value is -1.78. The Labute approximate surface area is 115 Å². The van der Waals surface area contributed by atoms with Crippen LogP contribution in [0.25, 0.3) is 0 Å². The molecule has 2 rings (SSSR count). The summed E-state index contributed by atoms with van der Waals surface area (Å²) in [7, 11) is 0. The first kappa shape index (κ1) is 13.6. The van der Waals surface area contributed by atoms with E-state index in [1.165, 1.54) is 11.3 Å². The summed E-state index contributed by atoms with van der Waals surface area (Å²) in [5.41, 5.74) is 1.11. The van der Waals surface area contributed by atoms with Crippen LogP contribution in [0, 0.1) is 0 Å². The van der Waals surface area contributed by atoms with Crippen molar-refractivity contribution in [2.45, 2.75) is 19.4 Å². The fraction of sp³-hybridized carbons (Fsp3) is 0.200. The van der Waals surface area contributed by atoms with Crippen LogP contribution in [0.15, 0.2) is 41.8 Å². The molecule has 0 saturated heterocycles. The molecule has 3 nitrogen and oxygen atoms in total. The fourth-order valence-corrected chi connectivity index (χ4v) is 2.55. The number of hydrogen-bond acceptors (Lipinski definition) is 4. The highest BCUT2D eigenvalue weighted by atomic mass is 32.1. The number of carbonyl (C=O) groups is 2. The third-order valence-electron chi connectivity index (χ3n) is 2.86. The summed E-state index contributed by atoms with van der Waals surface area (Å²) in [6.45, 7) is -0.166. The van der Waals surface area contributed by atoms with Crippen molar-refractivity contribution in [3.8, 4) is 0 Å². The van der Waals surface area contributed by atoms with Crippen LogP contribution >= 0.6 is 11.3 Å². The standard InChI is InChI=1S/C15H14O3S/c16-10-11-4-1-2-5-12(11)13(17)7-8-14(18)15-6-3-9-19-15/h1-6,9,16H,7-8,10H2. The van der Waals surface area contributed by atoms with Gasteiger partial charge in [-0.1, -0.05) is 30.3 Å². The lowest BCUT2D eigenvalue weighted by atomic mass is 10.00. The van der Waals surface area contributed by atoms with Gasteiger partial charge in [0.25, 0.3) is 0 Å². The summed E-state index contributed by atoms with van der Waals surface area (Å²) in [5, 5.41) is 11.0. The zero-order valence-corrected chi connectivity index (χ0v) is 11.2. The Morgan fingerprint density at radius 3 is 2.42 bits per heavy atom. The third kappa shape index (κ3) is 3.36. The van der Waals surface area contributed by atoms with Crippen LogP contribution in [0.4, 0.5) is 0 Å².